The lowest BCUT2D eigenvalue weighted by Gasteiger charge is -2.24. The van der Waals surface area contributed by atoms with Crippen LogP contribution in [0.2, 0.25) is 0 Å². The minimum atomic E-state index is -0.0781. The average Bonchev–Trinajstić information content (AvgIpc) is 2.48. The summed E-state index contributed by atoms with van der Waals surface area (Å²) in [6, 6.07) is 1.07. The van der Waals surface area contributed by atoms with Crippen LogP contribution in [0, 0.1) is 5.92 Å². The standard InChI is InChI=1S/C13H25NO/c1-10-4-2-5-11(9-8-10)14-12-6-3-7-13(12)15/h10-15H,2-9H2,1H3. The van der Waals surface area contributed by atoms with Gasteiger partial charge in [-0.25, -0.2) is 0 Å². The van der Waals surface area contributed by atoms with Gasteiger partial charge in [0, 0.05) is 12.1 Å². The molecule has 0 aliphatic heterocycles. The highest BCUT2D eigenvalue weighted by Gasteiger charge is 2.27. The van der Waals surface area contributed by atoms with Crippen LogP contribution in [0.15, 0.2) is 0 Å². The van der Waals surface area contributed by atoms with Gasteiger partial charge >= 0.3 is 0 Å². The molecular weight excluding hydrogens is 186 g/mol. The number of rotatable bonds is 2. The van der Waals surface area contributed by atoms with Crippen molar-refractivity contribution in [1.82, 2.24) is 5.32 Å². The van der Waals surface area contributed by atoms with Crippen molar-refractivity contribution in [3.63, 3.8) is 0 Å². The van der Waals surface area contributed by atoms with Crippen molar-refractivity contribution in [3.05, 3.63) is 0 Å². The summed E-state index contributed by atoms with van der Waals surface area (Å²) < 4.78 is 0. The van der Waals surface area contributed by atoms with E-state index in [0.717, 1.165) is 12.3 Å². The van der Waals surface area contributed by atoms with Gasteiger partial charge in [-0.15, -0.1) is 0 Å². The van der Waals surface area contributed by atoms with Crippen LogP contribution in [0.25, 0.3) is 0 Å². The van der Waals surface area contributed by atoms with Crippen molar-refractivity contribution in [3.8, 4) is 0 Å². The van der Waals surface area contributed by atoms with Crippen LogP contribution in [-0.4, -0.2) is 23.3 Å². The van der Waals surface area contributed by atoms with Gasteiger partial charge in [0.15, 0.2) is 0 Å². The Labute approximate surface area is 93.5 Å². The van der Waals surface area contributed by atoms with E-state index in [4.69, 9.17) is 0 Å². The van der Waals surface area contributed by atoms with E-state index >= 15 is 0 Å². The fraction of sp³-hybridized carbons (Fsp3) is 1.00. The molecule has 88 valence electrons. The van der Waals surface area contributed by atoms with Crippen molar-refractivity contribution < 1.29 is 5.11 Å². The maximum absolute atomic E-state index is 9.78. The second-order valence-electron chi connectivity index (χ2n) is 5.58. The van der Waals surface area contributed by atoms with E-state index in [9.17, 15) is 5.11 Å². The third-order valence-electron chi connectivity index (χ3n) is 4.19. The number of hydrogen-bond acceptors (Lipinski definition) is 2. The molecule has 2 fully saturated rings. The molecular formula is C13H25NO. The molecule has 0 saturated heterocycles. The van der Waals surface area contributed by atoms with E-state index in [1.165, 1.54) is 44.9 Å². The fourth-order valence-electron chi connectivity index (χ4n) is 3.09. The minimum Gasteiger partial charge on any atom is -0.392 e. The van der Waals surface area contributed by atoms with E-state index in [1.54, 1.807) is 0 Å². The first-order valence-electron chi connectivity index (χ1n) is 6.70. The largest absolute Gasteiger partial charge is 0.392 e. The zero-order chi connectivity index (χ0) is 10.7. The molecule has 15 heavy (non-hydrogen) atoms. The van der Waals surface area contributed by atoms with Gasteiger partial charge in [-0.2, -0.15) is 0 Å². The summed E-state index contributed by atoms with van der Waals surface area (Å²) in [5, 5.41) is 13.5. The Kier molecular flexibility index (Phi) is 4.04. The van der Waals surface area contributed by atoms with Gasteiger partial charge in [-0.05, 0) is 44.4 Å². The lowest BCUT2D eigenvalue weighted by Crippen LogP contribution is -2.42. The molecule has 0 heterocycles. The third-order valence-corrected chi connectivity index (χ3v) is 4.19. The maximum Gasteiger partial charge on any atom is 0.0693 e. The van der Waals surface area contributed by atoms with Gasteiger partial charge in [0.25, 0.3) is 0 Å². The molecule has 4 atom stereocenters. The second kappa shape index (κ2) is 5.31. The van der Waals surface area contributed by atoms with Crippen LogP contribution in [0.5, 0.6) is 0 Å². The van der Waals surface area contributed by atoms with Gasteiger partial charge in [0.1, 0.15) is 0 Å². The Morgan fingerprint density at radius 2 is 1.73 bits per heavy atom. The monoisotopic (exact) mass is 211 g/mol. The van der Waals surface area contributed by atoms with Gasteiger partial charge in [-0.1, -0.05) is 19.8 Å². The number of hydrogen-bond donors (Lipinski definition) is 2. The van der Waals surface area contributed by atoms with Crippen molar-refractivity contribution in [2.75, 3.05) is 0 Å². The first kappa shape index (κ1) is 11.4. The smallest absolute Gasteiger partial charge is 0.0693 e. The molecule has 2 N–H and O–H groups in total. The SMILES string of the molecule is CC1CCCC(NC2CCCC2O)CC1. The number of nitrogens with one attached hydrogen (secondary N) is 1. The summed E-state index contributed by atoms with van der Waals surface area (Å²) in [6.45, 7) is 2.37. The Bertz CT molecular complexity index is 195. The van der Waals surface area contributed by atoms with E-state index in [1.807, 2.05) is 0 Å². The summed E-state index contributed by atoms with van der Waals surface area (Å²) in [4.78, 5) is 0. The molecule has 0 aromatic carbocycles. The molecule has 0 radical (unpaired) electrons. The lowest BCUT2D eigenvalue weighted by atomic mass is 10.0. The Morgan fingerprint density at radius 3 is 2.47 bits per heavy atom. The summed E-state index contributed by atoms with van der Waals surface area (Å²) in [6.07, 6.45) is 10.0. The van der Waals surface area contributed by atoms with Crippen LogP contribution in [0.3, 0.4) is 0 Å². The molecule has 2 heteroatoms. The number of aliphatic hydroxyl groups is 1. The molecule has 2 aliphatic carbocycles. The molecule has 0 aromatic rings. The first-order chi connectivity index (χ1) is 7.25. The predicted octanol–water partition coefficient (Wildman–Crippen LogP) is 2.46. The highest BCUT2D eigenvalue weighted by atomic mass is 16.3. The van der Waals surface area contributed by atoms with E-state index in [2.05, 4.69) is 12.2 Å². The molecule has 0 aromatic heterocycles. The Morgan fingerprint density at radius 1 is 0.933 bits per heavy atom. The van der Waals surface area contributed by atoms with Crippen molar-refractivity contribution in [2.45, 2.75) is 76.5 Å². The third kappa shape index (κ3) is 3.18. The zero-order valence-corrected chi connectivity index (χ0v) is 9.91. The quantitative estimate of drug-likeness (QED) is 0.688. The van der Waals surface area contributed by atoms with Gasteiger partial charge in [-0.3, -0.25) is 0 Å². The average molecular weight is 211 g/mol. The lowest BCUT2D eigenvalue weighted by molar-refractivity contribution is 0.141. The first-order valence-corrected chi connectivity index (χ1v) is 6.70. The van der Waals surface area contributed by atoms with Crippen LogP contribution in [-0.2, 0) is 0 Å². The molecule has 0 bridgehead atoms. The summed E-state index contributed by atoms with van der Waals surface area (Å²) in [5.41, 5.74) is 0. The normalized spacial score (nSPS) is 42.8. The highest BCUT2D eigenvalue weighted by molar-refractivity contribution is 4.86. The molecule has 2 rings (SSSR count). The molecule has 0 amide bonds. The van der Waals surface area contributed by atoms with Crippen LogP contribution >= 0.6 is 0 Å². The molecule has 2 saturated carbocycles. The Balaban J connectivity index is 1.78. The number of aliphatic hydroxyl groups excluding tert-OH is 1. The van der Waals surface area contributed by atoms with Crippen LogP contribution in [0.1, 0.15) is 58.3 Å². The van der Waals surface area contributed by atoms with Gasteiger partial charge in [0.05, 0.1) is 6.10 Å². The van der Waals surface area contributed by atoms with Crippen LogP contribution < -0.4 is 5.32 Å². The summed E-state index contributed by atoms with van der Waals surface area (Å²) in [5.74, 6) is 0.908. The van der Waals surface area contributed by atoms with E-state index < -0.39 is 0 Å². The molecule has 2 nitrogen and oxygen atoms in total. The zero-order valence-electron chi connectivity index (χ0n) is 9.91. The topological polar surface area (TPSA) is 32.3 Å². The molecule has 4 unspecified atom stereocenters. The second-order valence-corrected chi connectivity index (χ2v) is 5.58. The van der Waals surface area contributed by atoms with Crippen LogP contribution in [0.4, 0.5) is 0 Å². The fourth-order valence-corrected chi connectivity index (χ4v) is 3.09. The van der Waals surface area contributed by atoms with E-state index in [0.29, 0.717) is 12.1 Å². The maximum atomic E-state index is 9.78. The Hall–Kier alpha value is -0.0800. The highest BCUT2D eigenvalue weighted by Crippen LogP contribution is 2.25. The molecule has 2 aliphatic rings. The van der Waals surface area contributed by atoms with Gasteiger partial charge < -0.3 is 10.4 Å². The minimum absolute atomic E-state index is 0.0781. The predicted molar refractivity (Wildman–Crippen MR) is 62.8 cm³/mol. The van der Waals surface area contributed by atoms with Crippen molar-refractivity contribution in [1.29, 1.82) is 0 Å². The van der Waals surface area contributed by atoms with Crippen molar-refractivity contribution >= 4 is 0 Å². The molecule has 0 spiro atoms. The van der Waals surface area contributed by atoms with E-state index in [-0.39, 0.29) is 6.10 Å². The summed E-state index contributed by atoms with van der Waals surface area (Å²) >= 11 is 0. The summed E-state index contributed by atoms with van der Waals surface area (Å²) in [7, 11) is 0. The van der Waals surface area contributed by atoms with Crippen molar-refractivity contribution in [2.24, 2.45) is 5.92 Å². The van der Waals surface area contributed by atoms with Gasteiger partial charge in [0.2, 0.25) is 0 Å².